The Labute approximate surface area is 126 Å². The maximum absolute atomic E-state index is 12.5. The fourth-order valence-corrected chi connectivity index (χ4v) is 3.49. The van der Waals surface area contributed by atoms with Crippen LogP contribution in [-0.2, 0) is 4.74 Å². The van der Waals surface area contributed by atoms with Gasteiger partial charge < -0.3 is 9.64 Å². The van der Waals surface area contributed by atoms with Crippen LogP contribution in [0.4, 0.5) is 0 Å². The molecule has 19 heavy (non-hydrogen) atoms. The van der Waals surface area contributed by atoms with E-state index in [0.717, 1.165) is 43.6 Å². The highest BCUT2D eigenvalue weighted by molar-refractivity contribution is 9.10. The van der Waals surface area contributed by atoms with Crippen molar-refractivity contribution in [3.8, 4) is 0 Å². The molecule has 102 valence electrons. The lowest BCUT2D eigenvalue weighted by atomic mass is 9.87. The Bertz CT molecular complexity index is 514. The van der Waals surface area contributed by atoms with E-state index in [2.05, 4.69) is 15.9 Å². The van der Waals surface area contributed by atoms with Crippen LogP contribution in [0.2, 0.25) is 5.02 Å². The fraction of sp³-hybridized carbons (Fsp3) is 0.500. The van der Waals surface area contributed by atoms with Crippen molar-refractivity contribution in [1.82, 2.24) is 4.90 Å². The fourth-order valence-electron chi connectivity index (χ4n) is 2.92. The molecule has 3 rings (SSSR count). The molecule has 0 bridgehead atoms. The summed E-state index contributed by atoms with van der Waals surface area (Å²) in [7, 11) is 0. The molecule has 0 unspecified atom stereocenters. The summed E-state index contributed by atoms with van der Waals surface area (Å²) in [6, 6.07) is 5.47. The molecule has 0 saturated carbocycles. The normalized spacial score (nSPS) is 26.3. The smallest absolute Gasteiger partial charge is 0.255 e. The van der Waals surface area contributed by atoms with Gasteiger partial charge in [-0.3, -0.25) is 4.79 Å². The summed E-state index contributed by atoms with van der Waals surface area (Å²) < 4.78 is 6.25. The average molecular weight is 345 g/mol. The summed E-state index contributed by atoms with van der Waals surface area (Å²) in [5.74, 6) is 0.0232. The molecule has 2 fully saturated rings. The Morgan fingerprint density at radius 3 is 3.00 bits per heavy atom. The molecule has 2 heterocycles. The van der Waals surface area contributed by atoms with Crippen LogP contribution in [-0.4, -0.2) is 37.1 Å². The minimum absolute atomic E-state index is 0.0232. The third-order valence-electron chi connectivity index (χ3n) is 4.09. The van der Waals surface area contributed by atoms with Gasteiger partial charge in [0.15, 0.2) is 0 Å². The number of ether oxygens (including phenoxy) is 1. The van der Waals surface area contributed by atoms with Crippen molar-refractivity contribution in [3.05, 3.63) is 33.3 Å². The van der Waals surface area contributed by atoms with Gasteiger partial charge in [-0.2, -0.15) is 0 Å². The third-order valence-corrected chi connectivity index (χ3v) is 5.39. The Morgan fingerprint density at radius 2 is 2.26 bits per heavy atom. The highest BCUT2D eigenvalue weighted by Crippen LogP contribution is 2.39. The first-order chi connectivity index (χ1) is 9.11. The van der Waals surface area contributed by atoms with Crippen molar-refractivity contribution in [2.75, 3.05) is 26.3 Å². The van der Waals surface area contributed by atoms with Gasteiger partial charge in [0.25, 0.3) is 5.91 Å². The predicted molar refractivity (Wildman–Crippen MR) is 77.5 cm³/mol. The molecule has 0 aliphatic carbocycles. The summed E-state index contributed by atoms with van der Waals surface area (Å²) >= 11 is 9.56. The number of halogens is 2. The second-order valence-electron chi connectivity index (χ2n) is 5.38. The second-order valence-corrected chi connectivity index (χ2v) is 6.61. The van der Waals surface area contributed by atoms with Crippen LogP contribution in [0.5, 0.6) is 0 Å². The van der Waals surface area contributed by atoms with Gasteiger partial charge in [-0.15, -0.1) is 0 Å². The van der Waals surface area contributed by atoms with E-state index in [1.54, 1.807) is 6.07 Å². The molecule has 2 aliphatic heterocycles. The standard InChI is InChI=1S/C14H15BrClNO2/c15-11-3-1-2-10(12(11)16)13(18)17-6-4-14(8-17)5-7-19-9-14/h1-3H,4-9H2/t14-/m0/s1. The molecule has 5 heteroatoms. The number of likely N-dealkylation sites (tertiary alicyclic amines) is 1. The number of hydrogen-bond acceptors (Lipinski definition) is 2. The van der Waals surface area contributed by atoms with Gasteiger partial charge in [-0.1, -0.05) is 17.7 Å². The zero-order valence-corrected chi connectivity index (χ0v) is 12.8. The first-order valence-corrected chi connectivity index (χ1v) is 7.59. The van der Waals surface area contributed by atoms with E-state index in [0.29, 0.717) is 10.6 Å². The van der Waals surface area contributed by atoms with Gasteiger partial charge in [-0.05, 0) is 40.9 Å². The highest BCUT2D eigenvalue weighted by Gasteiger charge is 2.43. The maximum Gasteiger partial charge on any atom is 0.255 e. The van der Waals surface area contributed by atoms with Crippen LogP contribution >= 0.6 is 27.5 Å². The number of benzene rings is 1. The van der Waals surface area contributed by atoms with Crippen LogP contribution in [0.25, 0.3) is 0 Å². The first-order valence-electron chi connectivity index (χ1n) is 6.42. The summed E-state index contributed by atoms with van der Waals surface area (Å²) in [6.45, 7) is 3.18. The lowest BCUT2D eigenvalue weighted by molar-refractivity contribution is 0.0766. The van der Waals surface area contributed by atoms with Crippen LogP contribution in [0.3, 0.4) is 0 Å². The molecule has 2 aliphatic rings. The largest absolute Gasteiger partial charge is 0.381 e. The van der Waals surface area contributed by atoms with Crippen LogP contribution < -0.4 is 0 Å². The lowest BCUT2D eigenvalue weighted by Gasteiger charge is -2.22. The Hall–Kier alpha value is -0.580. The average Bonchev–Trinajstić information content (AvgIpc) is 3.03. The van der Waals surface area contributed by atoms with Gasteiger partial charge in [0, 0.05) is 29.6 Å². The summed E-state index contributed by atoms with van der Waals surface area (Å²) in [5, 5.41) is 0.496. The van der Waals surface area contributed by atoms with Crippen LogP contribution in [0.1, 0.15) is 23.2 Å². The highest BCUT2D eigenvalue weighted by atomic mass is 79.9. The van der Waals surface area contributed by atoms with Gasteiger partial charge >= 0.3 is 0 Å². The van der Waals surface area contributed by atoms with E-state index < -0.39 is 0 Å². The molecule has 1 aromatic carbocycles. The van der Waals surface area contributed by atoms with Gasteiger partial charge in [-0.25, -0.2) is 0 Å². The third kappa shape index (κ3) is 2.41. The summed E-state index contributed by atoms with van der Waals surface area (Å²) in [6.07, 6.45) is 2.09. The van der Waals surface area contributed by atoms with Crippen LogP contribution in [0, 0.1) is 5.41 Å². The van der Waals surface area contributed by atoms with Crippen molar-refractivity contribution in [2.24, 2.45) is 5.41 Å². The predicted octanol–water partition coefficient (Wildman–Crippen LogP) is 3.36. The molecular weight excluding hydrogens is 330 g/mol. The second kappa shape index (κ2) is 5.08. The zero-order chi connectivity index (χ0) is 13.5. The van der Waals surface area contributed by atoms with Gasteiger partial charge in [0.1, 0.15) is 0 Å². The van der Waals surface area contributed by atoms with E-state index in [1.807, 2.05) is 17.0 Å². The molecule has 1 aromatic rings. The Balaban J connectivity index is 1.80. The summed E-state index contributed by atoms with van der Waals surface area (Å²) in [5.41, 5.74) is 0.765. The van der Waals surface area contributed by atoms with Crippen molar-refractivity contribution in [3.63, 3.8) is 0 Å². The Morgan fingerprint density at radius 1 is 1.42 bits per heavy atom. The van der Waals surface area contributed by atoms with Gasteiger partial charge in [0.2, 0.25) is 0 Å². The van der Waals surface area contributed by atoms with E-state index in [1.165, 1.54) is 0 Å². The van der Waals surface area contributed by atoms with Crippen molar-refractivity contribution in [2.45, 2.75) is 12.8 Å². The van der Waals surface area contributed by atoms with E-state index >= 15 is 0 Å². The number of carbonyl (C=O) groups excluding carboxylic acids is 1. The number of carbonyl (C=O) groups is 1. The molecule has 0 N–H and O–H groups in total. The van der Waals surface area contributed by atoms with E-state index in [-0.39, 0.29) is 11.3 Å². The SMILES string of the molecule is O=C(c1cccc(Br)c1Cl)N1CC[C@]2(CCOC2)C1. The quantitative estimate of drug-likeness (QED) is 0.782. The van der Waals surface area contributed by atoms with E-state index in [4.69, 9.17) is 16.3 Å². The number of amides is 1. The van der Waals surface area contributed by atoms with Crippen molar-refractivity contribution < 1.29 is 9.53 Å². The monoisotopic (exact) mass is 343 g/mol. The minimum Gasteiger partial charge on any atom is -0.381 e. The number of nitrogens with zero attached hydrogens (tertiary/aromatic N) is 1. The van der Waals surface area contributed by atoms with Crippen molar-refractivity contribution >= 4 is 33.4 Å². The molecule has 0 aromatic heterocycles. The van der Waals surface area contributed by atoms with Crippen LogP contribution in [0.15, 0.2) is 22.7 Å². The molecular formula is C14H15BrClNO2. The maximum atomic E-state index is 12.5. The number of rotatable bonds is 1. The minimum atomic E-state index is 0.0232. The molecule has 1 spiro atoms. The molecule has 1 amide bonds. The van der Waals surface area contributed by atoms with Crippen molar-refractivity contribution in [1.29, 1.82) is 0 Å². The lowest BCUT2D eigenvalue weighted by Crippen LogP contribution is -2.32. The van der Waals surface area contributed by atoms with E-state index in [9.17, 15) is 4.79 Å². The first kappa shape index (κ1) is 13.4. The zero-order valence-electron chi connectivity index (χ0n) is 10.5. The topological polar surface area (TPSA) is 29.5 Å². The molecule has 1 atom stereocenters. The number of hydrogen-bond donors (Lipinski definition) is 0. The molecule has 2 saturated heterocycles. The summed E-state index contributed by atoms with van der Waals surface area (Å²) in [4.78, 5) is 14.4. The Kier molecular flexibility index (Phi) is 3.58. The van der Waals surface area contributed by atoms with Gasteiger partial charge in [0.05, 0.1) is 17.2 Å². The molecule has 0 radical (unpaired) electrons. The molecule has 3 nitrogen and oxygen atoms in total.